The smallest absolute Gasteiger partial charge is 0.119 e. The molecule has 3 heteroatoms. The Labute approximate surface area is 133 Å². The molecule has 2 rings (SSSR count). The average molecular weight is 298 g/mol. The molecule has 0 fully saturated rings. The zero-order valence-electron chi connectivity index (χ0n) is 13.4. The van der Waals surface area contributed by atoms with Crippen LogP contribution in [0.3, 0.4) is 0 Å². The van der Waals surface area contributed by atoms with Crippen LogP contribution >= 0.6 is 0 Å². The molecule has 0 aliphatic carbocycles. The van der Waals surface area contributed by atoms with Gasteiger partial charge in [-0.25, -0.2) is 0 Å². The lowest BCUT2D eigenvalue weighted by Crippen LogP contribution is -2.16. The Kier molecular flexibility index (Phi) is 6.91. The van der Waals surface area contributed by atoms with E-state index in [0.717, 1.165) is 30.9 Å². The van der Waals surface area contributed by atoms with Crippen LogP contribution in [0.5, 0.6) is 5.75 Å². The molecule has 22 heavy (non-hydrogen) atoms. The number of aromatic nitrogens is 1. The highest BCUT2D eigenvalue weighted by atomic mass is 16.5. The van der Waals surface area contributed by atoms with Gasteiger partial charge in [-0.05, 0) is 42.7 Å². The van der Waals surface area contributed by atoms with E-state index in [1.165, 1.54) is 18.4 Å². The molecule has 0 saturated carbocycles. The zero-order chi connectivity index (χ0) is 15.6. The van der Waals surface area contributed by atoms with Crippen molar-refractivity contribution in [2.45, 2.75) is 38.5 Å². The maximum atomic E-state index is 5.91. The minimum absolute atomic E-state index is 0.262. The quantitative estimate of drug-likeness (QED) is 0.713. The van der Waals surface area contributed by atoms with Crippen LogP contribution in [-0.2, 0) is 6.42 Å². The van der Waals surface area contributed by atoms with Crippen LogP contribution in [0.1, 0.15) is 43.4 Å². The second-order valence-corrected chi connectivity index (χ2v) is 5.59. The largest absolute Gasteiger partial charge is 0.494 e. The molecule has 0 aliphatic rings. The Morgan fingerprint density at radius 3 is 2.55 bits per heavy atom. The van der Waals surface area contributed by atoms with Crippen molar-refractivity contribution in [3.63, 3.8) is 0 Å². The summed E-state index contributed by atoms with van der Waals surface area (Å²) in [6, 6.07) is 14.3. The molecule has 118 valence electrons. The average Bonchev–Trinajstić information content (AvgIpc) is 2.58. The van der Waals surface area contributed by atoms with Crippen LogP contribution in [0.25, 0.3) is 0 Å². The summed E-state index contributed by atoms with van der Waals surface area (Å²) in [6.45, 7) is 3.60. The lowest BCUT2D eigenvalue weighted by Gasteiger charge is -2.14. The molecular formula is C19H26N2O. The van der Waals surface area contributed by atoms with E-state index >= 15 is 0 Å². The summed E-state index contributed by atoms with van der Waals surface area (Å²) in [4.78, 5) is 4.42. The Bertz CT molecular complexity index is 525. The summed E-state index contributed by atoms with van der Waals surface area (Å²) >= 11 is 0. The van der Waals surface area contributed by atoms with Crippen LogP contribution in [0.2, 0.25) is 0 Å². The van der Waals surface area contributed by atoms with E-state index in [1.807, 2.05) is 36.5 Å². The minimum atomic E-state index is 0.262. The first-order valence-corrected chi connectivity index (χ1v) is 8.16. The summed E-state index contributed by atoms with van der Waals surface area (Å²) in [6.07, 6.45) is 6.29. The Balaban J connectivity index is 1.90. The highest BCUT2D eigenvalue weighted by Crippen LogP contribution is 2.20. The van der Waals surface area contributed by atoms with Crippen molar-refractivity contribution in [3.8, 4) is 5.75 Å². The molecule has 0 saturated heterocycles. The van der Waals surface area contributed by atoms with E-state index in [1.54, 1.807) is 0 Å². The molecular weight excluding hydrogens is 272 g/mol. The normalized spacial score (nSPS) is 12.1. The summed E-state index contributed by atoms with van der Waals surface area (Å²) in [5, 5.41) is 0. The molecule has 0 amide bonds. The molecule has 1 aromatic heterocycles. The number of unbranched alkanes of at least 4 members (excludes halogenated alkanes) is 2. The van der Waals surface area contributed by atoms with E-state index in [2.05, 4.69) is 24.0 Å². The predicted octanol–water partition coefficient (Wildman–Crippen LogP) is 3.94. The SMILES string of the molecule is CCCCCOc1ccc(CC(CN)c2ccccn2)cc1. The third-order valence-electron chi connectivity index (χ3n) is 3.81. The fraction of sp³-hybridized carbons (Fsp3) is 0.421. The number of ether oxygens (including phenoxy) is 1. The minimum Gasteiger partial charge on any atom is -0.494 e. The number of nitrogens with two attached hydrogens (primary N) is 1. The van der Waals surface area contributed by atoms with E-state index < -0.39 is 0 Å². The highest BCUT2D eigenvalue weighted by molar-refractivity contribution is 5.28. The summed E-state index contributed by atoms with van der Waals surface area (Å²) in [7, 11) is 0. The van der Waals surface area contributed by atoms with Gasteiger partial charge in [-0.2, -0.15) is 0 Å². The first-order chi connectivity index (χ1) is 10.8. The Morgan fingerprint density at radius 2 is 1.91 bits per heavy atom. The van der Waals surface area contributed by atoms with Crippen LogP contribution < -0.4 is 10.5 Å². The van der Waals surface area contributed by atoms with Crippen LogP contribution in [0.15, 0.2) is 48.7 Å². The third kappa shape index (κ3) is 5.15. The maximum absolute atomic E-state index is 5.91. The van der Waals surface area contributed by atoms with Gasteiger partial charge < -0.3 is 10.5 Å². The van der Waals surface area contributed by atoms with Gasteiger partial charge in [0.05, 0.1) is 6.61 Å². The third-order valence-corrected chi connectivity index (χ3v) is 3.81. The maximum Gasteiger partial charge on any atom is 0.119 e. The second kappa shape index (κ2) is 9.21. The predicted molar refractivity (Wildman–Crippen MR) is 91.2 cm³/mol. The molecule has 1 heterocycles. The van der Waals surface area contributed by atoms with Crippen molar-refractivity contribution in [1.29, 1.82) is 0 Å². The van der Waals surface area contributed by atoms with Crippen molar-refractivity contribution < 1.29 is 4.74 Å². The van der Waals surface area contributed by atoms with Crippen LogP contribution in [0, 0.1) is 0 Å². The highest BCUT2D eigenvalue weighted by Gasteiger charge is 2.11. The lowest BCUT2D eigenvalue weighted by molar-refractivity contribution is 0.306. The van der Waals surface area contributed by atoms with Gasteiger partial charge in [0.25, 0.3) is 0 Å². The Morgan fingerprint density at radius 1 is 1.09 bits per heavy atom. The van der Waals surface area contributed by atoms with Gasteiger partial charge in [0, 0.05) is 24.4 Å². The van der Waals surface area contributed by atoms with Crippen molar-refractivity contribution >= 4 is 0 Å². The summed E-state index contributed by atoms with van der Waals surface area (Å²) in [5.74, 6) is 1.21. The van der Waals surface area contributed by atoms with Crippen molar-refractivity contribution in [2.24, 2.45) is 5.73 Å². The van der Waals surface area contributed by atoms with Crippen LogP contribution in [0.4, 0.5) is 0 Å². The number of hydrogen-bond acceptors (Lipinski definition) is 3. The van der Waals surface area contributed by atoms with E-state index in [9.17, 15) is 0 Å². The number of rotatable bonds is 9. The van der Waals surface area contributed by atoms with E-state index in [0.29, 0.717) is 6.54 Å². The van der Waals surface area contributed by atoms with Crippen LogP contribution in [-0.4, -0.2) is 18.1 Å². The second-order valence-electron chi connectivity index (χ2n) is 5.59. The number of benzene rings is 1. The van der Waals surface area contributed by atoms with E-state index in [4.69, 9.17) is 10.5 Å². The molecule has 2 aromatic rings. The Hall–Kier alpha value is -1.87. The topological polar surface area (TPSA) is 48.1 Å². The molecule has 2 N–H and O–H groups in total. The summed E-state index contributed by atoms with van der Waals surface area (Å²) < 4.78 is 5.74. The molecule has 0 aliphatic heterocycles. The molecule has 3 nitrogen and oxygen atoms in total. The van der Waals surface area contributed by atoms with Gasteiger partial charge in [-0.1, -0.05) is 38.0 Å². The number of nitrogens with zero attached hydrogens (tertiary/aromatic N) is 1. The number of pyridine rings is 1. The van der Waals surface area contributed by atoms with Gasteiger partial charge in [-0.3, -0.25) is 4.98 Å². The standard InChI is InChI=1S/C19H26N2O/c1-2-3-6-13-22-18-10-8-16(9-11-18)14-17(15-20)19-7-4-5-12-21-19/h4-5,7-12,17H,2-3,6,13-15,20H2,1H3. The molecule has 1 aromatic carbocycles. The fourth-order valence-corrected chi connectivity index (χ4v) is 2.47. The van der Waals surface area contributed by atoms with Gasteiger partial charge in [0.1, 0.15) is 5.75 Å². The van der Waals surface area contributed by atoms with Gasteiger partial charge >= 0.3 is 0 Å². The fourth-order valence-electron chi connectivity index (χ4n) is 2.47. The summed E-state index contributed by atoms with van der Waals surface area (Å²) in [5.41, 5.74) is 8.24. The lowest BCUT2D eigenvalue weighted by atomic mass is 9.96. The van der Waals surface area contributed by atoms with Gasteiger partial charge in [0.2, 0.25) is 0 Å². The van der Waals surface area contributed by atoms with Gasteiger partial charge in [0.15, 0.2) is 0 Å². The van der Waals surface area contributed by atoms with Crippen molar-refractivity contribution in [2.75, 3.05) is 13.2 Å². The van der Waals surface area contributed by atoms with Gasteiger partial charge in [-0.15, -0.1) is 0 Å². The van der Waals surface area contributed by atoms with Crippen molar-refractivity contribution in [3.05, 3.63) is 59.9 Å². The monoisotopic (exact) mass is 298 g/mol. The molecule has 1 atom stereocenters. The zero-order valence-corrected chi connectivity index (χ0v) is 13.4. The number of hydrogen-bond donors (Lipinski definition) is 1. The first-order valence-electron chi connectivity index (χ1n) is 8.16. The molecule has 0 bridgehead atoms. The molecule has 0 radical (unpaired) electrons. The first kappa shape index (κ1) is 16.5. The molecule has 0 spiro atoms. The van der Waals surface area contributed by atoms with E-state index in [-0.39, 0.29) is 5.92 Å². The molecule has 1 unspecified atom stereocenters. The van der Waals surface area contributed by atoms with Crippen molar-refractivity contribution in [1.82, 2.24) is 4.98 Å².